The molecule has 0 atom stereocenters. The molecule has 3 N–H and O–H groups in total. The Balaban J connectivity index is 0.00000484. The third kappa shape index (κ3) is 9.88. The molecular formula is C16H33IN4O2. The molecule has 0 unspecified atom stereocenters. The van der Waals surface area contributed by atoms with Crippen LogP contribution in [-0.2, 0) is 4.74 Å². The minimum atomic E-state index is -0.472. The largest absolute Gasteiger partial charge is 0.444 e. The van der Waals surface area contributed by atoms with E-state index in [0.29, 0.717) is 31.5 Å². The molecule has 0 aliphatic heterocycles. The van der Waals surface area contributed by atoms with E-state index >= 15 is 0 Å². The van der Waals surface area contributed by atoms with E-state index < -0.39 is 5.60 Å². The fourth-order valence-corrected chi connectivity index (χ4v) is 2.17. The van der Waals surface area contributed by atoms with Crippen molar-refractivity contribution in [1.29, 1.82) is 0 Å². The lowest BCUT2D eigenvalue weighted by atomic mass is 9.86. The first-order chi connectivity index (χ1) is 10.3. The zero-order chi connectivity index (χ0) is 16.6. The monoisotopic (exact) mass is 440 g/mol. The molecule has 7 heteroatoms. The van der Waals surface area contributed by atoms with Crippen molar-refractivity contribution in [3.63, 3.8) is 0 Å². The maximum atomic E-state index is 12.1. The molecule has 0 aromatic rings. The maximum Gasteiger partial charge on any atom is 0.410 e. The Morgan fingerprint density at radius 1 is 1.35 bits per heavy atom. The van der Waals surface area contributed by atoms with Gasteiger partial charge in [-0.1, -0.05) is 13.3 Å². The molecule has 0 saturated heterocycles. The molecule has 1 aliphatic carbocycles. The number of ether oxygens (including phenoxy) is 1. The quantitative estimate of drug-likeness (QED) is 0.363. The Kier molecular flexibility index (Phi) is 10.6. The second-order valence-electron chi connectivity index (χ2n) is 6.92. The summed E-state index contributed by atoms with van der Waals surface area (Å²) in [5.41, 5.74) is 5.37. The van der Waals surface area contributed by atoms with E-state index in [0.717, 1.165) is 13.0 Å². The number of guanidine groups is 1. The van der Waals surface area contributed by atoms with Gasteiger partial charge < -0.3 is 20.7 Å². The van der Waals surface area contributed by atoms with Crippen LogP contribution in [0.5, 0.6) is 0 Å². The average Bonchev–Trinajstić information content (AvgIpc) is 2.33. The molecule has 1 amide bonds. The average molecular weight is 440 g/mol. The summed E-state index contributed by atoms with van der Waals surface area (Å²) in [6, 6.07) is 0. The molecule has 0 aromatic heterocycles. The number of aliphatic imine (C=N–C) groups is 1. The van der Waals surface area contributed by atoms with Crippen LogP contribution in [0, 0.1) is 5.92 Å². The first-order valence-electron chi connectivity index (χ1n) is 8.33. The van der Waals surface area contributed by atoms with Crippen LogP contribution < -0.4 is 11.1 Å². The van der Waals surface area contributed by atoms with Gasteiger partial charge in [0, 0.05) is 26.2 Å². The van der Waals surface area contributed by atoms with Gasteiger partial charge in [-0.15, -0.1) is 24.0 Å². The number of amides is 1. The Morgan fingerprint density at radius 3 is 2.48 bits per heavy atom. The number of hydrogen-bond acceptors (Lipinski definition) is 3. The van der Waals surface area contributed by atoms with Crippen LogP contribution in [0.15, 0.2) is 4.99 Å². The molecule has 23 heavy (non-hydrogen) atoms. The highest BCUT2D eigenvalue weighted by Crippen LogP contribution is 2.26. The van der Waals surface area contributed by atoms with Gasteiger partial charge in [0.05, 0.1) is 0 Å². The lowest BCUT2D eigenvalue weighted by Crippen LogP contribution is -2.43. The third-order valence-corrected chi connectivity index (χ3v) is 3.58. The number of nitrogens with one attached hydrogen (secondary N) is 1. The van der Waals surface area contributed by atoms with E-state index in [9.17, 15) is 4.79 Å². The highest BCUT2D eigenvalue weighted by molar-refractivity contribution is 14.0. The van der Waals surface area contributed by atoms with Gasteiger partial charge >= 0.3 is 6.09 Å². The second-order valence-corrected chi connectivity index (χ2v) is 6.92. The topological polar surface area (TPSA) is 80.0 Å². The number of rotatable bonds is 7. The van der Waals surface area contributed by atoms with Crippen molar-refractivity contribution in [3.05, 3.63) is 0 Å². The Morgan fingerprint density at radius 2 is 2.00 bits per heavy atom. The predicted molar refractivity (Wildman–Crippen MR) is 105 cm³/mol. The van der Waals surface area contributed by atoms with Crippen molar-refractivity contribution in [2.24, 2.45) is 16.6 Å². The van der Waals surface area contributed by atoms with Crippen LogP contribution in [-0.4, -0.2) is 48.7 Å². The van der Waals surface area contributed by atoms with Gasteiger partial charge in [-0.2, -0.15) is 0 Å². The summed E-state index contributed by atoms with van der Waals surface area (Å²) in [5, 5.41) is 3.07. The summed E-state index contributed by atoms with van der Waals surface area (Å²) in [5.74, 6) is 1.17. The maximum absolute atomic E-state index is 12.1. The van der Waals surface area contributed by atoms with Crippen LogP contribution in [0.3, 0.4) is 0 Å². The summed E-state index contributed by atoms with van der Waals surface area (Å²) in [7, 11) is 0. The molecule has 6 nitrogen and oxygen atoms in total. The van der Waals surface area contributed by atoms with E-state index in [1.807, 2.05) is 27.7 Å². The molecule has 0 spiro atoms. The number of nitrogens with two attached hydrogens (primary N) is 1. The zero-order valence-corrected chi connectivity index (χ0v) is 17.3. The van der Waals surface area contributed by atoms with Gasteiger partial charge in [0.1, 0.15) is 5.60 Å². The number of carbonyl (C=O) groups excluding carboxylic acids is 1. The van der Waals surface area contributed by atoms with Crippen LogP contribution in [0.4, 0.5) is 4.79 Å². The van der Waals surface area contributed by atoms with Crippen LogP contribution >= 0.6 is 24.0 Å². The molecule has 0 aromatic carbocycles. The first kappa shape index (κ1) is 22.3. The predicted octanol–water partition coefficient (Wildman–Crippen LogP) is 2.96. The number of carbonyl (C=O) groups is 1. The number of nitrogens with zero attached hydrogens (tertiary/aromatic N) is 2. The number of hydrogen-bond donors (Lipinski definition) is 2. The zero-order valence-electron chi connectivity index (χ0n) is 14.9. The molecule has 136 valence electrons. The lowest BCUT2D eigenvalue weighted by molar-refractivity contribution is 0.0253. The molecular weight excluding hydrogens is 407 g/mol. The van der Waals surface area contributed by atoms with Gasteiger partial charge in [0.25, 0.3) is 0 Å². The minimum absolute atomic E-state index is 0. The van der Waals surface area contributed by atoms with Gasteiger partial charge in [0.2, 0.25) is 0 Å². The molecule has 1 fully saturated rings. The second kappa shape index (κ2) is 10.9. The summed E-state index contributed by atoms with van der Waals surface area (Å²) < 4.78 is 5.41. The van der Waals surface area contributed by atoms with E-state index in [4.69, 9.17) is 10.5 Å². The Labute approximate surface area is 157 Å². The first-order valence-corrected chi connectivity index (χ1v) is 8.33. The van der Waals surface area contributed by atoms with Crippen molar-refractivity contribution < 1.29 is 9.53 Å². The highest BCUT2D eigenvalue weighted by atomic mass is 127. The van der Waals surface area contributed by atoms with Crippen LogP contribution in [0.25, 0.3) is 0 Å². The fourth-order valence-electron chi connectivity index (χ4n) is 2.17. The molecule has 0 bridgehead atoms. The van der Waals surface area contributed by atoms with Crippen molar-refractivity contribution in [3.8, 4) is 0 Å². The van der Waals surface area contributed by atoms with Crippen LogP contribution in [0.1, 0.15) is 53.4 Å². The van der Waals surface area contributed by atoms with Crippen molar-refractivity contribution >= 4 is 36.0 Å². The fraction of sp³-hybridized carbons (Fsp3) is 0.875. The summed E-state index contributed by atoms with van der Waals surface area (Å²) in [4.78, 5) is 18.1. The van der Waals surface area contributed by atoms with E-state index in [2.05, 4.69) is 10.3 Å². The smallest absolute Gasteiger partial charge is 0.410 e. The van der Waals surface area contributed by atoms with E-state index in [1.54, 1.807) is 4.90 Å². The Bertz CT molecular complexity index is 379. The van der Waals surface area contributed by atoms with E-state index in [-0.39, 0.29) is 30.1 Å². The van der Waals surface area contributed by atoms with Gasteiger partial charge in [0.15, 0.2) is 5.96 Å². The molecule has 0 heterocycles. The van der Waals surface area contributed by atoms with Gasteiger partial charge in [-0.3, -0.25) is 4.99 Å². The molecule has 1 aliphatic rings. The van der Waals surface area contributed by atoms with Crippen LogP contribution in [0.2, 0.25) is 0 Å². The van der Waals surface area contributed by atoms with Crippen molar-refractivity contribution in [1.82, 2.24) is 10.2 Å². The Hall–Kier alpha value is -0.730. The standard InChI is InChI=1S/C16H32N4O2.HI/c1-5-10-20(15(21)22-16(2,3)4)11-9-18-14(17)19-12-13-7-6-8-13;/h13H,5-12H2,1-4H3,(H3,17,18,19);1H. The van der Waals surface area contributed by atoms with Gasteiger partial charge in [-0.05, 0) is 46.0 Å². The molecule has 1 rings (SSSR count). The summed E-state index contributed by atoms with van der Waals surface area (Å²) >= 11 is 0. The third-order valence-electron chi connectivity index (χ3n) is 3.58. The van der Waals surface area contributed by atoms with Gasteiger partial charge in [-0.25, -0.2) is 4.79 Å². The lowest BCUT2D eigenvalue weighted by Gasteiger charge is -2.27. The normalized spacial score (nSPS) is 15.4. The summed E-state index contributed by atoms with van der Waals surface area (Å²) in [6.45, 7) is 10.3. The van der Waals surface area contributed by atoms with Crippen molar-refractivity contribution in [2.75, 3.05) is 26.2 Å². The minimum Gasteiger partial charge on any atom is -0.444 e. The molecule has 1 saturated carbocycles. The summed E-state index contributed by atoms with van der Waals surface area (Å²) in [6.07, 6.45) is 4.46. The SMILES string of the molecule is CCCN(CCNC(N)=NCC1CCC1)C(=O)OC(C)(C)C.I. The molecule has 0 radical (unpaired) electrons. The number of halogens is 1. The van der Waals surface area contributed by atoms with E-state index in [1.165, 1.54) is 19.3 Å². The highest BCUT2D eigenvalue weighted by Gasteiger charge is 2.21. The van der Waals surface area contributed by atoms with Crippen molar-refractivity contribution in [2.45, 2.75) is 59.0 Å².